The van der Waals surface area contributed by atoms with E-state index < -0.39 is 0 Å². The summed E-state index contributed by atoms with van der Waals surface area (Å²) in [5, 5.41) is 3.16. The lowest BCUT2D eigenvalue weighted by molar-refractivity contribution is 0.0256. The van der Waals surface area contributed by atoms with Gasteiger partial charge in [0.15, 0.2) is 0 Å². The summed E-state index contributed by atoms with van der Waals surface area (Å²) in [6.45, 7) is 5.83. The van der Waals surface area contributed by atoms with Crippen LogP contribution < -0.4 is 16.0 Å². The van der Waals surface area contributed by atoms with Crippen LogP contribution in [0.5, 0.6) is 0 Å². The number of nitrogens with zero attached hydrogens (tertiary/aromatic N) is 4. The minimum absolute atomic E-state index is 0.0542. The summed E-state index contributed by atoms with van der Waals surface area (Å²) in [5.41, 5.74) is 10.2. The number of fused-ring (bicyclic) bond motifs is 2. The van der Waals surface area contributed by atoms with Gasteiger partial charge in [0.25, 0.3) is 5.91 Å². The van der Waals surface area contributed by atoms with Crippen molar-refractivity contribution < 1.29 is 9.53 Å². The summed E-state index contributed by atoms with van der Waals surface area (Å²) in [7, 11) is 1.78. The number of amides is 1. The molecule has 1 aliphatic carbocycles. The molecule has 0 spiro atoms. The molecule has 168 valence electrons. The Balaban J connectivity index is 1.28. The first-order valence-corrected chi connectivity index (χ1v) is 11.8. The molecule has 32 heavy (non-hydrogen) atoms. The third-order valence-corrected chi connectivity index (χ3v) is 7.69. The average Bonchev–Trinajstić information content (AvgIpc) is 3.34. The number of rotatable bonds is 4. The number of hydrogen-bond donors (Lipinski definition) is 2. The van der Waals surface area contributed by atoms with Crippen molar-refractivity contribution in [3.05, 3.63) is 40.2 Å². The molecule has 3 N–H and O–H groups in total. The number of carbonyl (C=O) groups excluding carboxylic acids is 1. The predicted molar refractivity (Wildman–Crippen MR) is 126 cm³/mol. The van der Waals surface area contributed by atoms with Gasteiger partial charge in [0, 0.05) is 38.1 Å². The van der Waals surface area contributed by atoms with E-state index in [4.69, 9.17) is 15.5 Å². The number of pyridine rings is 1. The van der Waals surface area contributed by atoms with Crippen LogP contribution in [0, 0.1) is 6.92 Å². The highest BCUT2D eigenvalue weighted by atomic mass is 32.1. The van der Waals surface area contributed by atoms with Crippen LogP contribution in [0.15, 0.2) is 18.3 Å². The van der Waals surface area contributed by atoms with Gasteiger partial charge >= 0.3 is 0 Å². The van der Waals surface area contributed by atoms with Gasteiger partial charge in [0.05, 0.1) is 17.0 Å². The molecule has 8 nitrogen and oxygen atoms in total. The minimum Gasteiger partial charge on any atom is -0.396 e. The number of nitrogens with one attached hydrogen (secondary N) is 1. The van der Waals surface area contributed by atoms with Crippen LogP contribution in [-0.2, 0) is 17.6 Å². The Labute approximate surface area is 191 Å². The lowest BCUT2D eigenvalue weighted by Gasteiger charge is -2.27. The number of thiophene rings is 1. The highest BCUT2D eigenvalue weighted by Crippen LogP contribution is 2.32. The molecule has 3 aromatic heterocycles. The fraction of sp³-hybridized carbons (Fsp3) is 0.478. The smallest absolute Gasteiger partial charge is 0.263 e. The molecular weight excluding hydrogens is 424 g/mol. The Hall–Kier alpha value is -2.78. The number of anilines is 2. The van der Waals surface area contributed by atoms with Crippen LogP contribution in [0.1, 0.15) is 46.4 Å². The summed E-state index contributed by atoms with van der Waals surface area (Å²) in [4.78, 5) is 30.2. The average molecular weight is 453 g/mol. The summed E-state index contributed by atoms with van der Waals surface area (Å²) in [6.07, 6.45) is 5.13. The number of nitrogens with two attached hydrogens (primary N) is 1. The maximum atomic E-state index is 12.9. The molecule has 2 aliphatic rings. The molecule has 3 aromatic rings. The van der Waals surface area contributed by atoms with Gasteiger partial charge in [-0.2, -0.15) is 0 Å². The third kappa shape index (κ3) is 3.80. The van der Waals surface area contributed by atoms with E-state index in [9.17, 15) is 4.79 Å². The summed E-state index contributed by atoms with van der Waals surface area (Å²) < 4.78 is 5.66. The van der Waals surface area contributed by atoms with E-state index in [1.807, 2.05) is 6.92 Å². The molecule has 0 bridgehead atoms. The molecule has 1 unspecified atom stereocenters. The van der Waals surface area contributed by atoms with Crippen LogP contribution >= 0.6 is 11.3 Å². The van der Waals surface area contributed by atoms with Crippen molar-refractivity contribution in [2.24, 2.45) is 0 Å². The van der Waals surface area contributed by atoms with Crippen molar-refractivity contribution >= 4 is 39.1 Å². The number of ether oxygens (including phenoxy) is 1. The zero-order valence-corrected chi connectivity index (χ0v) is 19.5. The molecule has 0 aromatic carbocycles. The van der Waals surface area contributed by atoms with Gasteiger partial charge < -0.3 is 20.7 Å². The fourth-order valence-corrected chi connectivity index (χ4v) is 5.58. The second-order valence-electron chi connectivity index (χ2n) is 9.02. The largest absolute Gasteiger partial charge is 0.396 e. The molecule has 1 amide bonds. The van der Waals surface area contributed by atoms with Gasteiger partial charge in [-0.05, 0) is 51.2 Å². The molecule has 2 atom stereocenters. The molecule has 1 aliphatic heterocycles. The number of nitrogen functional groups attached to an aromatic ring is 1. The number of hydrogen-bond acceptors (Lipinski definition) is 8. The second kappa shape index (κ2) is 7.97. The molecule has 9 heteroatoms. The fourth-order valence-electron chi connectivity index (χ4n) is 4.58. The summed E-state index contributed by atoms with van der Waals surface area (Å²) in [6, 6.07) is 4.30. The third-order valence-electron chi connectivity index (χ3n) is 6.60. The summed E-state index contributed by atoms with van der Waals surface area (Å²) in [5.74, 6) is 0.860. The van der Waals surface area contributed by atoms with Crippen molar-refractivity contribution in [2.75, 3.05) is 30.8 Å². The van der Waals surface area contributed by atoms with Crippen molar-refractivity contribution in [1.82, 2.24) is 20.3 Å². The maximum absolute atomic E-state index is 12.9. The van der Waals surface area contributed by atoms with Gasteiger partial charge in [0.2, 0.25) is 0 Å². The van der Waals surface area contributed by atoms with Gasteiger partial charge in [-0.15, -0.1) is 11.3 Å². The lowest BCUT2D eigenvalue weighted by Crippen LogP contribution is -2.39. The Bertz CT molecular complexity index is 1190. The van der Waals surface area contributed by atoms with Crippen molar-refractivity contribution in [3.63, 3.8) is 0 Å². The number of aromatic nitrogens is 3. The number of aryl methyl sites for hydroxylation is 2. The van der Waals surface area contributed by atoms with Crippen LogP contribution in [0.4, 0.5) is 11.5 Å². The van der Waals surface area contributed by atoms with E-state index in [2.05, 4.69) is 39.2 Å². The SMILES string of the molecule is CO[C@@]1(C)CCN(c2ccc3c(n2)CCC(NC(=O)c2sc4nc(C)cnc4c2N)C3)C1. The number of carbonyl (C=O) groups is 1. The maximum Gasteiger partial charge on any atom is 0.263 e. The normalized spacial score (nSPS) is 22.8. The molecule has 1 saturated heterocycles. The summed E-state index contributed by atoms with van der Waals surface area (Å²) >= 11 is 1.30. The van der Waals surface area contributed by atoms with Gasteiger partial charge in [-0.1, -0.05) is 6.07 Å². The second-order valence-corrected chi connectivity index (χ2v) is 10.0. The molecule has 5 rings (SSSR count). The Kier molecular flexibility index (Phi) is 5.25. The molecule has 4 heterocycles. The van der Waals surface area contributed by atoms with Gasteiger partial charge in [0.1, 0.15) is 21.0 Å². The monoisotopic (exact) mass is 452 g/mol. The molecule has 0 saturated carbocycles. The van der Waals surface area contributed by atoms with Crippen LogP contribution in [-0.4, -0.2) is 52.7 Å². The van der Waals surface area contributed by atoms with Crippen LogP contribution in [0.3, 0.4) is 0 Å². The van der Waals surface area contributed by atoms with E-state index in [1.54, 1.807) is 13.3 Å². The van der Waals surface area contributed by atoms with Gasteiger partial charge in [-0.3, -0.25) is 4.79 Å². The zero-order chi connectivity index (χ0) is 22.5. The Morgan fingerprint density at radius 3 is 3.00 bits per heavy atom. The lowest BCUT2D eigenvalue weighted by atomic mass is 9.91. The van der Waals surface area contributed by atoms with Crippen LogP contribution in [0.2, 0.25) is 0 Å². The zero-order valence-electron chi connectivity index (χ0n) is 18.6. The first-order chi connectivity index (χ1) is 15.3. The van der Waals surface area contributed by atoms with Crippen molar-refractivity contribution in [3.8, 4) is 0 Å². The van der Waals surface area contributed by atoms with E-state index >= 15 is 0 Å². The van der Waals surface area contributed by atoms with Gasteiger partial charge in [-0.25, -0.2) is 15.0 Å². The van der Waals surface area contributed by atoms with E-state index in [-0.39, 0.29) is 17.6 Å². The highest BCUT2D eigenvalue weighted by Gasteiger charge is 2.34. The molecular formula is C23H28N6O2S. The van der Waals surface area contributed by atoms with E-state index in [0.29, 0.717) is 20.9 Å². The highest BCUT2D eigenvalue weighted by molar-refractivity contribution is 7.21. The van der Waals surface area contributed by atoms with E-state index in [1.165, 1.54) is 16.9 Å². The standard InChI is InChI=1S/C23H28N6O2S/c1-13-11-25-19-18(24)20(32-22(19)26-13)21(30)27-15-5-6-16-14(10-15)4-7-17(28-16)29-9-8-23(2,12-29)31-3/h4,7,11,15H,5-6,8-10,12,24H2,1-3H3,(H,27,30)/t15?,23-/m0/s1. The van der Waals surface area contributed by atoms with Crippen molar-refractivity contribution in [1.29, 1.82) is 0 Å². The first kappa shape index (κ1) is 21.1. The minimum atomic E-state index is -0.154. The van der Waals surface area contributed by atoms with E-state index in [0.717, 1.165) is 56.0 Å². The topological polar surface area (TPSA) is 106 Å². The molecule has 1 fully saturated rings. The first-order valence-electron chi connectivity index (χ1n) is 11.0. The van der Waals surface area contributed by atoms with Crippen molar-refractivity contribution in [2.45, 2.75) is 51.2 Å². The van der Waals surface area contributed by atoms with Crippen LogP contribution in [0.25, 0.3) is 10.3 Å². The number of methoxy groups -OCH3 is 1. The Morgan fingerprint density at radius 2 is 2.22 bits per heavy atom. The predicted octanol–water partition coefficient (Wildman–Crippen LogP) is 2.88. The Morgan fingerprint density at radius 1 is 1.38 bits per heavy atom. The quantitative estimate of drug-likeness (QED) is 0.627. The molecule has 0 radical (unpaired) electrons.